The highest BCUT2D eigenvalue weighted by molar-refractivity contribution is 7.91. The van der Waals surface area contributed by atoms with Gasteiger partial charge in [0.15, 0.2) is 9.84 Å². The van der Waals surface area contributed by atoms with Crippen molar-refractivity contribution in [1.82, 2.24) is 10.2 Å². The maximum atomic E-state index is 11.3. The van der Waals surface area contributed by atoms with Crippen molar-refractivity contribution in [2.75, 3.05) is 37.7 Å². The lowest BCUT2D eigenvalue weighted by atomic mass is 10.2. The van der Waals surface area contributed by atoms with Gasteiger partial charge < -0.3 is 15.3 Å². The highest BCUT2D eigenvalue weighted by Crippen LogP contribution is 2.11. The Hall–Kier alpha value is -0.170. The summed E-state index contributed by atoms with van der Waals surface area (Å²) in [6.45, 7) is 7.78. The van der Waals surface area contributed by atoms with Crippen LogP contribution in [-0.2, 0) is 9.84 Å². The molecule has 1 aliphatic heterocycles. The molecule has 0 aromatic rings. The molecular formula is C10H22N2O3S. The minimum atomic E-state index is -3.03. The number of sulfone groups is 1. The number of nitrogens with zero attached hydrogens (tertiary/aromatic N) is 1. The van der Waals surface area contributed by atoms with Crippen molar-refractivity contribution in [2.45, 2.75) is 26.0 Å². The molecule has 0 aliphatic carbocycles. The van der Waals surface area contributed by atoms with Gasteiger partial charge in [-0.1, -0.05) is 13.8 Å². The van der Waals surface area contributed by atoms with Crippen LogP contribution in [0.25, 0.3) is 0 Å². The van der Waals surface area contributed by atoms with Crippen molar-refractivity contribution < 1.29 is 13.5 Å². The fourth-order valence-corrected chi connectivity index (χ4v) is 3.75. The molecule has 0 aromatic carbocycles. The summed E-state index contributed by atoms with van der Waals surface area (Å²) in [6, 6.07) is -0.291. The van der Waals surface area contributed by atoms with Gasteiger partial charge in [0.2, 0.25) is 0 Å². The van der Waals surface area contributed by atoms with E-state index in [-0.39, 0.29) is 17.5 Å². The summed E-state index contributed by atoms with van der Waals surface area (Å²) in [5.41, 5.74) is 0. The van der Waals surface area contributed by atoms with E-state index in [0.717, 1.165) is 26.2 Å². The van der Waals surface area contributed by atoms with E-state index in [4.69, 9.17) is 0 Å². The molecule has 16 heavy (non-hydrogen) atoms. The lowest BCUT2D eigenvalue weighted by molar-refractivity contribution is 0.163. The molecule has 2 atom stereocenters. The number of nitrogens with one attached hydrogen (secondary N) is 1. The van der Waals surface area contributed by atoms with E-state index in [1.54, 1.807) is 0 Å². The summed E-state index contributed by atoms with van der Waals surface area (Å²) in [5.74, 6) is -0.0393. The zero-order valence-electron chi connectivity index (χ0n) is 10.0. The highest BCUT2D eigenvalue weighted by atomic mass is 32.2. The third kappa shape index (κ3) is 4.01. The number of likely N-dealkylation sites (N-methyl/N-ethyl adjacent to an activating group) is 1. The average molecular weight is 250 g/mol. The van der Waals surface area contributed by atoms with Crippen molar-refractivity contribution in [3.05, 3.63) is 0 Å². The standard InChI is InChI=1S/C10H22N2O3S/c1-3-12(4-2)6-5-11-9-7-16(14,15)8-10(9)13/h9-11,13H,3-8H2,1-2H3/t9-,10-/m1/s1. The molecule has 1 rings (SSSR count). The maximum absolute atomic E-state index is 11.3. The number of hydrogen-bond donors (Lipinski definition) is 2. The first-order valence-corrected chi connectivity index (χ1v) is 7.65. The molecule has 96 valence electrons. The number of aliphatic hydroxyl groups excluding tert-OH is 1. The third-order valence-corrected chi connectivity index (χ3v) is 4.77. The average Bonchev–Trinajstić information content (AvgIpc) is 2.47. The molecule has 1 heterocycles. The van der Waals surface area contributed by atoms with Gasteiger partial charge in [-0.2, -0.15) is 0 Å². The molecule has 1 saturated heterocycles. The summed E-state index contributed by atoms with van der Waals surface area (Å²) in [6.07, 6.45) is -0.748. The van der Waals surface area contributed by atoms with Gasteiger partial charge in [0.1, 0.15) is 0 Å². The molecule has 1 aliphatic rings. The quantitative estimate of drug-likeness (QED) is 0.638. The van der Waals surface area contributed by atoms with Crippen LogP contribution in [0.2, 0.25) is 0 Å². The van der Waals surface area contributed by atoms with Crippen LogP contribution in [0.4, 0.5) is 0 Å². The molecule has 0 radical (unpaired) electrons. The summed E-state index contributed by atoms with van der Waals surface area (Å²) in [4.78, 5) is 2.25. The Balaban J connectivity index is 2.28. The molecule has 0 saturated carbocycles. The molecule has 0 spiro atoms. The SMILES string of the molecule is CCN(CC)CCN[C@@H]1CS(=O)(=O)C[C@H]1O. The van der Waals surface area contributed by atoms with Crippen LogP contribution in [0, 0.1) is 0 Å². The Bertz CT molecular complexity index is 301. The monoisotopic (exact) mass is 250 g/mol. The van der Waals surface area contributed by atoms with Gasteiger partial charge in [0.05, 0.1) is 17.6 Å². The first-order chi connectivity index (χ1) is 7.48. The van der Waals surface area contributed by atoms with Gasteiger partial charge in [-0.25, -0.2) is 8.42 Å². The van der Waals surface area contributed by atoms with Gasteiger partial charge in [-0.15, -0.1) is 0 Å². The van der Waals surface area contributed by atoms with Crippen LogP contribution in [0.15, 0.2) is 0 Å². The van der Waals surface area contributed by atoms with E-state index in [2.05, 4.69) is 24.1 Å². The second kappa shape index (κ2) is 5.95. The zero-order chi connectivity index (χ0) is 12.2. The van der Waals surface area contributed by atoms with Crippen molar-refractivity contribution in [1.29, 1.82) is 0 Å². The van der Waals surface area contributed by atoms with E-state index in [1.165, 1.54) is 0 Å². The number of rotatable bonds is 6. The van der Waals surface area contributed by atoms with Crippen LogP contribution in [0.3, 0.4) is 0 Å². The van der Waals surface area contributed by atoms with E-state index in [9.17, 15) is 13.5 Å². The number of aliphatic hydroxyl groups is 1. The van der Waals surface area contributed by atoms with Crippen molar-refractivity contribution in [3.8, 4) is 0 Å². The molecule has 1 fully saturated rings. The van der Waals surface area contributed by atoms with E-state index in [0.29, 0.717) is 0 Å². The van der Waals surface area contributed by atoms with Crippen LogP contribution >= 0.6 is 0 Å². The Kier molecular flexibility index (Phi) is 5.17. The largest absolute Gasteiger partial charge is 0.390 e. The molecule has 2 N–H and O–H groups in total. The fourth-order valence-electron chi connectivity index (χ4n) is 1.97. The van der Waals surface area contributed by atoms with E-state index < -0.39 is 15.9 Å². The second-order valence-corrected chi connectivity index (χ2v) is 6.39. The maximum Gasteiger partial charge on any atom is 0.154 e. The summed E-state index contributed by atoms with van der Waals surface area (Å²) in [5, 5.41) is 12.7. The summed E-state index contributed by atoms with van der Waals surface area (Å²) >= 11 is 0. The third-order valence-electron chi connectivity index (χ3n) is 3.05. The van der Waals surface area contributed by atoms with Crippen LogP contribution in [-0.4, -0.2) is 68.3 Å². The van der Waals surface area contributed by atoms with Crippen LogP contribution in [0.1, 0.15) is 13.8 Å². The van der Waals surface area contributed by atoms with Gasteiger partial charge in [0, 0.05) is 19.1 Å². The molecule has 0 aromatic heterocycles. The molecule has 0 bridgehead atoms. The predicted molar refractivity (Wildman–Crippen MR) is 64.2 cm³/mol. The van der Waals surface area contributed by atoms with Gasteiger partial charge in [0.25, 0.3) is 0 Å². The molecule has 0 amide bonds. The van der Waals surface area contributed by atoms with Gasteiger partial charge >= 0.3 is 0 Å². The molecular weight excluding hydrogens is 228 g/mol. The van der Waals surface area contributed by atoms with E-state index >= 15 is 0 Å². The molecule has 6 heteroatoms. The van der Waals surface area contributed by atoms with E-state index in [1.807, 2.05) is 0 Å². The lowest BCUT2D eigenvalue weighted by Gasteiger charge is -2.20. The van der Waals surface area contributed by atoms with Gasteiger partial charge in [-0.3, -0.25) is 0 Å². The zero-order valence-corrected chi connectivity index (χ0v) is 10.8. The second-order valence-electron chi connectivity index (χ2n) is 4.23. The van der Waals surface area contributed by atoms with Crippen molar-refractivity contribution >= 4 is 9.84 Å². The topological polar surface area (TPSA) is 69.6 Å². The Morgan fingerprint density at radius 2 is 1.94 bits per heavy atom. The van der Waals surface area contributed by atoms with Crippen LogP contribution in [0.5, 0.6) is 0 Å². The van der Waals surface area contributed by atoms with Gasteiger partial charge in [-0.05, 0) is 13.1 Å². The Morgan fingerprint density at radius 1 is 1.31 bits per heavy atom. The minimum absolute atomic E-state index is 0.0619. The number of hydrogen-bond acceptors (Lipinski definition) is 5. The smallest absolute Gasteiger partial charge is 0.154 e. The highest BCUT2D eigenvalue weighted by Gasteiger charge is 2.35. The predicted octanol–water partition coefficient (Wildman–Crippen LogP) is -0.924. The summed E-state index contributed by atoms with van der Waals surface area (Å²) < 4.78 is 22.5. The Morgan fingerprint density at radius 3 is 2.38 bits per heavy atom. The molecule has 5 nitrogen and oxygen atoms in total. The normalized spacial score (nSPS) is 28.8. The van der Waals surface area contributed by atoms with Crippen molar-refractivity contribution in [2.24, 2.45) is 0 Å². The lowest BCUT2D eigenvalue weighted by Crippen LogP contribution is -2.42. The first kappa shape index (κ1) is 13.9. The summed E-state index contributed by atoms with van der Waals surface area (Å²) in [7, 11) is -3.03. The van der Waals surface area contributed by atoms with Crippen molar-refractivity contribution in [3.63, 3.8) is 0 Å². The Labute approximate surface area is 97.7 Å². The minimum Gasteiger partial charge on any atom is -0.390 e. The fraction of sp³-hybridized carbons (Fsp3) is 1.00. The molecule has 0 unspecified atom stereocenters. The van der Waals surface area contributed by atoms with Crippen LogP contribution < -0.4 is 5.32 Å². The first-order valence-electron chi connectivity index (χ1n) is 5.82.